The average molecular weight is 389 g/mol. The molecule has 28 heavy (non-hydrogen) atoms. The Bertz CT molecular complexity index is 621. The van der Waals surface area contributed by atoms with Gasteiger partial charge in [-0.05, 0) is 75.0 Å². The Morgan fingerprint density at radius 3 is 2.11 bits per heavy atom. The summed E-state index contributed by atoms with van der Waals surface area (Å²) in [5.74, 6) is 2.14. The van der Waals surface area contributed by atoms with Crippen LogP contribution in [0.1, 0.15) is 79.1 Å². The van der Waals surface area contributed by atoms with Crippen molar-refractivity contribution >= 4 is 11.8 Å². The molecule has 5 aliphatic carbocycles. The molecule has 158 valence electrons. The van der Waals surface area contributed by atoms with Gasteiger partial charge in [-0.2, -0.15) is 0 Å². The Balaban J connectivity index is 0.000000302. The minimum Gasteiger partial charge on any atom is -0.369 e. The van der Waals surface area contributed by atoms with Crippen LogP contribution in [-0.4, -0.2) is 18.9 Å². The first-order valence-corrected chi connectivity index (χ1v) is 11.0. The second-order valence-corrected chi connectivity index (χ2v) is 9.63. The molecule has 4 saturated carbocycles. The molecule has 0 aliphatic heterocycles. The maximum absolute atomic E-state index is 12.1. The van der Waals surface area contributed by atoms with Gasteiger partial charge in [0.25, 0.3) is 0 Å². The van der Waals surface area contributed by atoms with Crippen LogP contribution < -0.4 is 11.1 Å². The van der Waals surface area contributed by atoms with Crippen LogP contribution in [0.5, 0.6) is 0 Å². The summed E-state index contributed by atoms with van der Waals surface area (Å²) in [5.41, 5.74) is 7.43. The summed E-state index contributed by atoms with van der Waals surface area (Å²) in [4.78, 5) is 21.8. The molecule has 0 radical (unpaired) electrons. The number of allylic oxidation sites excluding steroid dienone is 4. The maximum Gasteiger partial charge on any atom is 0.223 e. The average Bonchev–Trinajstić information content (AvgIpc) is 2.62. The summed E-state index contributed by atoms with van der Waals surface area (Å²) in [6.45, 7) is 7.90. The highest BCUT2D eigenvalue weighted by molar-refractivity contribution is 5.81. The number of carbonyl (C=O) groups is 2. The van der Waals surface area contributed by atoms with Crippen molar-refractivity contribution in [3.8, 4) is 0 Å². The molecule has 0 aromatic rings. The SMILES string of the molecule is CC1=CCC(C23CC4CC(CC(C(N)=O)(C4)C2)C3)C=C1.CCC.CNC(C)=O. The second-order valence-electron chi connectivity index (χ2n) is 9.63. The van der Waals surface area contributed by atoms with Gasteiger partial charge in [0.05, 0.1) is 5.41 Å². The van der Waals surface area contributed by atoms with Crippen molar-refractivity contribution in [3.63, 3.8) is 0 Å². The van der Waals surface area contributed by atoms with Crippen molar-refractivity contribution in [2.75, 3.05) is 7.05 Å². The first-order valence-electron chi connectivity index (χ1n) is 11.0. The molecule has 4 heteroatoms. The van der Waals surface area contributed by atoms with Crippen molar-refractivity contribution in [2.24, 2.45) is 34.3 Å². The lowest BCUT2D eigenvalue weighted by atomic mass is 9.41. The Morgan fingerprint density at radius 1 is 1.18 bits per heavy atom. The van der Waals surface area contributed by atoms with Crippen LogP contribution in [0.25, 0.3) is 0 Å². The Morgan fingerprint density at radius 2 is 1.71 bits per heavy atom. The van der Waals surface area contributed by atoms with E-state index in [2.05, 4.69) is 44.3 Å². The molecule has 3 N–H and O–H groups in total. The van der Waals surface area contributed by atoms with Crippen LogP contribution >= 0.6 is 0 Å². The third-order valence-electron chi connectivity index (χ3n) is 7.05. The van der Waals surface area contributed by atoms with Crippen LogP contribution in [0.3, 0.4) is 0 Å². The number of primary amides is 1. The van der Waals surface area contributed by atoms with Crippen LogP contribution in [0, 0.1) is 28.6 Å². The van der Waals surface area contributed by atoms with E-state index in [9.17, 15) is 9.59 Å². The fraction of sp³-hybridized carbons (Fsp3) is 0.750. The van der Waals surface area contributed by atoms with E-state index < -0.39 is 0 Å². The molecule has 3 atom stereocenters. The lowest BCUT2D eigenvalue weighted by Gasteiger charge is -2.63. The van der Waals surface area contributed by atoms with E-state index in [1.165, 1.54) is 38.2 Å². The zero-order valence-electron chi connectivity index (χ0n) is 18.5. The van der Waals surface area contributed by atoms with Crippen molar-refractivity contribution in [1.29, 1.82) is 0 Å². The molecule has 2 amide bonds. The molecule has 0 saturated heterocycles. The summed E-state index contributed by atoms with van der Waals surface area (Å²) >= 11 is 0. The van der Waals surface area contributed by atoms with Gasteiger partial charge in [-0.25, -0.2) is 0 Å². The van der Waals surface area contributed by atoms with Gasteiger partial charge < -0.3 is 11.1 Å². The predicted octanol–water partition coefficient (Wildman–Crippen LogP) is 4.75. The molecular weight excluding hydrogens is 348 g/mol. The van der Waals surface area contributed by atoms with Gasteiger partial charge in [0.15, 0.2) is 0 Å². The first kappa shape index (κ1) is 22.7. The zero-order chi connectivity index (χ0) is 20.9. The van der Waals surface area contributed by atoms with Gasteiger partial charge in [0, 0.05) is 14.0 Å². The van der Waals surface area contributed by atoms with Crippen molar-refractivity contribution in [1.82, 2.24) is 5.32 Å². The van der Waals surface area contributed by atoms with Gasteiger partial charge in [-0.15, -0.1) is 0 Å². The van der Waals surface area contributed by atoms with E-state index in [0.29, 0.717) is 11.3 Å². The molecule has 3 unspecified atom stereocenters. The normalized spacial score (nSPS) is 37.0. The highest BCUT2D eigenvalue weighted by Gasteiger charge is 2.61. The largest absolute Gasteiger partial charge is 0.369 e. The maximum atomic E-state index is 12.1. The van der Waals surface area contributed by atoms with E-state index in [0.717, 1.165) is 37.5 Å². The number of hydrogen-bond donors (Lipinski definition) is 2. The van der Waals surface area contributed by atoms with E-state index >= 15 is 0 Å². The summed E-state index contributed by atoms with van der Waals surface area (Å²) in [6.07, 6.45) is 16.7. The van der Waals surface area contributed by atoms with Crippen molar-refractivity contribution < 1.29 is 9.59 Å². The second kappa shape index (κ2) is 9.28. The van der Waals surface area contributed by atoms with E-state index in [1.807, 2.05) is 0 Å². The van der Waals surface area contributed by atoms with Crippen LogP contribution in [0.15, 0.2) is 23.8 Å². The van der Waals surface area contributed by atoms with E-state index in [1.54, 1.807) is 7.05 Å². The minimum atomic E-state index is -0.159. The number of carbonyl (C=O) groups excluding carboxylic acids is 2. The van der Waals surface area contributed by atoms with E-state index in [4.69, 9.17) is 5.73 Å². The molecule has 5 rings (SSSR count). The van der Waals surface area contributed by atoms with Crippen molar-refractivity contribution in [3.05, 3.63) is 23.8 Å². The summed E-state index contributed by atoms with van der Waals surface area (Å²) in [5, 5.41) is 2.39. The fourth-order valence-electron chi connectivity index (χ4n) is 6.24. The topological polar surface area (TPSA) is 72.2 Å². The highest BCUT2D eigenvalue weighted by Crippen LogP contribution is 2.68. The lowest BCUT2D eigenvalue weighted by Crippen LogP contribution is -2.58. The summed E-state index contributed by atoms with van der Waals surface area (Å²) in [7, 11) is 1.60. The standard InChI is InChI=1S/C18H25NO.C3H7NO.C3H8/c1-12-2-4-15(5-3-12)17-7-13-6-14(8-17)10-18(9-13,11-17)16(19)20;1-3(5)4-2;1-3-2/h2-4,13-15H,5-11H2,1H3,(H2,19,20);1-2H3,(H,4,5);3H2,1-2H3. The molecule has 0 aromatic carbocycles. The van der Waals surface area contributed by atoms with Gasteiger partial charge >= 0.3 is 0 Å². The number of amides is 2. The van der Waals surface area contributed by atoms with Gasteiger partial charge in [0.1, 0.15) is 0 Å². The zero-order valence-corrected chi connectivity index (χ0v) is 18.5. The molecule has 4 bridgehead atoms. The summed E-state index contributed by atoms with van der Waals surface area (Å²) < 4.78 is 0. The summed E-state index contributed by atoms with van der Waals surface area (Å²) in [6, 6.07) is 0. The third kappa shape index (κ3) is 4.87. The van der Waals surface area contributed by atoms with Crippen molar-refractivity contribution in [2.45, 2.75) is 79.1 Å². The smallest absolute Gasteiger partial charge is 0.223 e. The molecule has 0 aromatic heterocycles. The minimum absolute atomic E-state index is 0.00463. The molecule has 4 fully saturated rings. The fourth-order valence-corrected chi connectivity index (χ4v) is 6.24. The Labute approximate surface area is 171 Å². The molecule has 0 heterocycles. The van der Waals surface area contributed by atoms with Crippen LogP contribution in [0.4, 0.5) is 0 Å². The highest BCUT2D eigenvalue weighted by atomic mass is 16.1. The number of hydrogen-bond acceptors (Lipinski definition) is 2. The number of nitrogens with two attached hydrogens (primary N) is 1. The van der Waals surface area contributed by atoms with Crippen LogP contribution in [0.2, 0.25) is 0 Å². The first-order chi connectivity index (χ1) is 13.2. The Hall–Kier alpha value is -1.58. The molecule has 5 aliphatic rings. The van der Waals surface area contributed by atoms with Gasteiger partial charge in [-0.1, -0.05) is 44.1 Å². The lowest BCUT2D eigenvalue weighted by molar-refractivity contribution is -0.159. The predicted molar refractivity (Wildman–Crippen MR) is 115 cm³/mol. The molecular formula is C24H40N2O2. The Kier molecular flexibility index (Phi) is 7.52. The van der Waals surface area contributed by atoms with Crippen LogP contribution in [-0.2, 0) is 9.59 Å². The third-order valence-corrected chi connectivity index (χ3v) is 7.05. The monoisotopic (exact) mass is 388 g/mol. The van der Waals surface area contributed by atoms with Gasteiger partial charge in [0.2, 0.25) is 11.8 Å². The molecule has 4 nitrogen and oxygen atoms in total. The van der Waals surface area contributed by atoms with Gasteiger partial charge in [-0.3, -0.25) is 9.59 Å². The van der Waals surface area contributed by atoms with E-state index in [-0.39, 0.29) is 17.2 Å². The number of nitrogens with one attached hydrogen (secondary N) is 1. The molecule has 0 spiro atoms. The number of rotatable bonds is 2. The quantitative estimate of drug-likeness (QED) is 0.716.